The van der Waals surface area contributed by atoms with Crippen LogP contribution in [-0.4, -0.2) is 59.9 Å². The standard InChI is InChI=1S/C29H25N7O3/c30-27-23(17-37)26(19-9-12-35(13-10-19)29(39)21-8-11-31-16-25(21)38)34-28-22(15-33-36(27)28)20-6-7-24(32-14-20)18-4-2-1-3-5-18/h1-8,11,14-17,19,38H,9-10,12-13,30H2. The largest absolute Gasteiger partial charge is 0.505 e. The summed E-state index contributed by atoms with van der Waals surface area (Å²) in [5.41, 5.74) is 11.6. The van der Waals surface area contributed by atoms with Gasteiger partial charge in [-0.2, -0.15) is 9.61 Å². The number of anilines is 1. The Morgan fingerprint density at radius 1 is 1.00 bits per heavy atom. The Kier molecular flexibility index (Phi) is 6.20. The van der Waals surface area contributed by atoms with Crippen LogP contribution in [0.3, 0.4) is 0 Å². The topological polar surface area (TPSA) is 140 Å². The molecule has 5 aromatic rings. The SMILES string of the molecule is Nc1c(C=O)c(C2CCN(C(=O)c3ccncc3O)CC2)nc2c(-c3ccc(-c4ccccc4)nc3)cnn12. The second kappa shape index (κ2) is 9.97. The Hall–Kier alpha value is -5.12. The molecule has 4 aromatic heterocycles. The first kappa shape index (κ1) is 24.2. The summed E-state index contributed by atoms with van der Waals surface area (Å²) in [5.74, 6) is -0.247. The minimum atomic E-state index is -0.253. The summed E-state index contributed by atoms with van der Waals surface area (Å²) in [6.45, 7) is 0.903. The van der Waals surface area contributed by atoms with E-state index in [-0.39, 0.29) is 29.0 Å². The number of pyridine rings is 2. The van der Waals surface area contributed by atoms with Crippen LogP contribution in [0.5, 0.6) is 5.75 Å². The molecule has 10 heteroatoms. The molecule has 0 saturated carbocycles. The number of hydrogen-bond acceptors (Lipinski definition) is 8. The predicted molar refractivity (Wildman–Crippen MR) is 145 cm³/mol. The summed E-state index contributed by atoms with van der Waals surface area (Å²) < 4.78 is 1.48. The van der Waals surface area contributed by atoms with Gasteiger partial charge in [0.25, 0.3) is 5.91 Å². The summed E-state index contributed by atoms with van der Waals surface area (Å²) in [7, 11) is 0. The zero-order valence-corrected chi connectivity index (χ0v) is 20.9. The molecule has 10 nitrogen and oxygen atoms in total. The van der Waals surface area contributed by atoms with Gasteiger partial charge in [-0.15, -0.1) is 0 Å². The van der Waals surface area contributed by atoms with Crippen LogP contribution in [0, 0.1) is 0 Å². The van der Waals surface area contributed by atoms with Crippen molar-refractivity contribution in [3.8, 4) is 28.1 Å². The van der Waals surface area contributed by atoms with Gasteiger partial charge in [0.05, 0.1) is 34.9 Å². The molecule has 1 saturated heterocycles. The number of nitrogens with two attached hydrogens (primary N) is 1. The van der Waals surface area contributed by atoms with Crippen molar-refractivity contribution < 1.29 is 14.7 Å². The van der Waals surface area contributed by atoms with Crippen LogP contribution >= 0.6 is 0 Å². The van der Waals surface area contributed by atoms with Crippen molar-refractivity contribution in [2.24, 2.45) is 0 Å². The third-order valence-corrected chi connectivity index (χ3v) is 7.21. The number of aromatic hydroxyl groups is 1. The summed E-state index contributed by atoms with van der Waals surface area (Å²) in [6, 6.07) is 15.3. The molecule has 1 aliphatic heterocycles. The van der Waals surface area contributed by atoms with Crippen molar-refractivity contribution in [2.45, 2.75) is 18.8 Å². The van der Waals surface area contributed by atoms with Crippen molar-refractivity contribution in [3.63, 3.8) is 0 Å². The molecule has 1 amide bonds. The van der Waals surface area contributed by atoms with E-state index in [4.69, 9.17) is 10.7 Å². The molecule has 0 radical (unpaired) electrons. The van der Waals surface area contributed by atoms with Crippen LogP contribution in [0.15, 0.2) is 73.3 Å². The number of carbonyl (C=O) groups excluding carboxylic acids is 2. The van der Waals surface area contributed by atoms with Gasteiger partial charge in [0.2, 0.25) is 0 Å². The second-order valence-corrected chi connectivity index (χ2v) is 9.46. The van der Waals surface area contributed by atoms with Gasteiger partial charge in [-0.25, -0.2) is 4.98 Å². The highest BCUT2D eigenvalue weighted by atomic mass is 16.3. The number of nitrogens with zero attached hydrogens (tertiary/aromatic N) is 6. The maximum Gasteiger partial charge on any atom is 0.257 e. The Balaban J connectivity index is 1.30. The lowest BCUT2D eigenvalue weighted by molar-refractivity contribution is 0.0708. The van der Waals surface area contributed by atoms with Crippen molar-refractivity contribution >= 4 is 23.7 Å². The quantitative estimate of drug-likeness (QED) is 0.333. The van der Waals surface area contributed by atoms with Crippen LogP contribution in [0.4, 0.5) is 5.82 Å². The van der Waals surface area contributed by atoms with Crippen molar-refractivity contribution in [1.82, 2.24) is 29.5 Å². The summed E-state index contributed by atoms with van der Waals surface area (Å²) in [4.78, 5) is 40.1. The van der Waals surface area contributed by atoms with Crippen LogP contribution in [0.25, 0.3) is 28.0 Å². The fourth-order valence-corrected chi connectivity index (χ4v) is 5.11. The molecule has 1 aromatic carbocycles. The van der Waals surface area contributed by atoms with Crippen LogP contribution < -0.4 is 5.73 Å². The average molecular weight is 520 g/mol. The highest BCUT2D eigenvalue weighted by Gasteiger charge is 2.30. The summed E-state index contributed by atoms with van der Waals surface area (Å²) >= 11 is 0. The molecule has 0 spiro atoms. The normalized spacial score (nSPS) is 14.0. The average Bonchev–Trinajstić information content (AvgIpc) is 3.42. The van der Waals surface area contributed by atoms with Gasteiger partial charge in [0, 0.05) is 48.1 Å². The molecule has 6 rings (SSSR count). The molecule has 5 heterocycles. The lowest BCUT2D eigenvalue weighted by Crippen LogP contribution is -2.38. The van der Waals surface area contributed by atoms with E-state index in [0.29, 0.717) is 42.8 Å². The van der Waals surface area contributed by atoms with Gasteiger partial charge in [0.15, 0.2) is 11.9 Å². The van der Waals surface area contributed by atoms with E-state index < -0.39 is 0 Å². The number of aromatic nitrogens is 5. The Morgan fingerprint density at radius 2 is 1.79 bits per heavy atom. The fourth-order valence-electron chi connectivity index (χ4n) is 5.11. The highest BCUT2D eigenvalue weighted by Crippen LogP contribution is 2.34. The first-order valence-electron chi connectivity index (χ1n) is 12.6. The van der Waals surface area contributed by atoms with E-state index in [9.17, 15) is 14.7 Å². The number of hydrogen-bond donors (Lipinski definition) is 2. The zero-order valence-electron chi connectivity index (χ0n) is 20.9. The number of benzene rings is 1. The molecular weight excluding hydrogens is 494 g/mol. The number of likely N-dealkylation sites (tertiary alicyclic amines) is 1. The molecule has 3 N–H and O–H groups in total. The first-order valence-corrected chi connectivity index (χ1v) is 12.6. The van der Waals surface area contributed by atoms with E-state index >= 15 is 0 Å². The number of aldehydes is 1. The Bertz CT molecular complexity index is 1680. The monoisotopic (exact) mass is 519 g/mol. The number of nitrogen functional groups attached to an aromatic ring is 1. The first-order chi connectivity index (χ1) is 19.0. The molecule has 0 atom stereocenters. The maximum absolute atomic E-state index is 12.9. The lowest BCUT2D eigenvalue weighted by atomic mass is 9.90. The molecule has 0 unspecified atom stereocenters. The minimum absolute atomic E-state index is 0.0751. The smallest absolute Gasteiger partial charge is 0.257 e. The number of carbonyl (C=O) groups is 2. The van der Waals surface area contributed by atoms with Gasteiger partial charge in [0.1, 0.15) is 11.6 Å². The molecule has 1 aliphatic rings. The van der Waals surface area contributed by atoms with E-state index in [0.717, 1.165) is 28.7 Å². The molecule has 194 valence electrons. The van der Waals surface area contributed by atoms with E-state index in [1.165, 1.54) is 23.0 Å². The number of rotatable bonds is 5. The van der Waals surface area contributed by atoms with E-state index in [1.807, 2.05) is 42.5 Å². The van der Waals surface area contributed by atoms with Gasteiger partial charge in [-0.3, -0.25) is 19.6 Å². The molecule has 1 fully saturated rings. The van der Waals surface area contributed by atoms with E-state index in [1.54, 1.807) is 17.3 Å². The van der Waals surface area contributed by atoms with Gasteiger partial charge >= 0.3 is 0 Å². The third-order valence-electron chi connectivity index (χ3n) is 7.21. The number of piperidine rings is 1. The number of fused-ring (bicyclic) bond motifs is 1. The van der Waals surface area contributed by atoms with Crippen LogP contribution in [-0.2, 0) is 0 Å². The van der Waals surface area contributed by atoms with Crippen molar-refractivity contribution in [3.05, 3.63) is 90.1 Å². The van der Waals surface area contributed by atoms with Crippen LogP contribution in [0.2, 0.25) is 0 Å². The summed E-state index contributed by atoms with van der Waals surface area (Å²) in [5, 5.41) is 14.4. The highest BCUT2D eigenvalue weighted by molar-refractivity contribution is 5.96. The summed E-state index contributed by atoms with van der Waals surface area (Å²) in [6.07, 6.45) is 8.11. The maximum atomic E-state index is 12.9. The zero-order chi connectivity index (χ0) is 26.9. The van der Waals surface area contributed by atoms with Gasteiger partial charge < -0.3 is 15.7 Å². The molecule has 0 bridgehead atoms. The Morgan fingerprint density at radius 3 is 2.49 bits per heavy atom. The fraction of sp³-hybridized carbons (Fsp3) is 0.172. The predicted octanol–water partition coefficient (Wildman–Crippen LogP) is 3.97. The Labute approximate surface area is 223 Å². The third kappa shape index (κ3) is 4.35. The van der Waals surface area contributed by atoms with Gasteiger partial charge in [-0.05, 0) is 25.0 Å². The lowest BCUT2D eigenvalue weighted by Gasteiger charge is -2.32. The van der Waals surface area contributed by atoms with E-state index in [2.05, 4.69) is 15.1 Å². The van der Waals surface area contributed by atoms with Crippen molar-refractivity contribution in [2.75, 3.05) is 18.8 Å². The minimum Gasteiger partial charge on any atom is -0.505 e. The molecular formula is C29H25N7O3. The molecule has 39 heavy (non-hydrogen) atoms. The molecule has 0 aliphatic carbocycles. The number of amides is 1. The van der Waals surface area contributed by atoms with Crippen molar-refractivity contribution in [1.29, 1.82) is 0 Å². The van der Waals surface area contributed by atoms with Gasteiger partial charge in [-0.1, -0.05) is 36.4 Å². The van der Waals surface area contributed by atoms with Crippen LogP contribution in [0.1, 0.15) is 45.2 Å². The second-order valence-electron chi connectivity index (χ2n) is 9.46.